The van der Waals surface area contributed by atoms with E-state index < -0.39 is 46.8 Å². The summed E-state index contributed by atoms with van der Waals surface area (Å²) in [6.07, 6.45) is -4.66. The van der Waals surface area contributed by atoms with Gasteiger partial charge in [-0.2, -0.15) is 32.1 Å². The number of halogens is 6. The summed E-state index contributed by atoms with van der Waals surface area (Å²) in [4.78, 5) is 30.1. The van der Waals surface area contributed by atoms with Crippen LogP contribution in [0.5, 0.6) is 0 Å². The van der Waals surface area contributed by atoms with Gasteiger partial charge < -0.3 is 10.6 Å². The third-order valence-corrected chi connectivity index (χ3v) is 6.06. The molecule has 0 bridgehead atoms. The van der Waals surface area contributed by atoms with E-state index in [1.54, 1.807) is 37.3 Å². The summed E-state index contributed by atoms with van der Waals surface area (Å²) in [5.74, 6) is -7.76. The smallest absolute Gasteiger partial charge is 0.321 e. The highest BCUT2D eigenvalue weighted by molar-refractivity contribution is 6.11. The summed E-state index contributed by atoms with van der Waals surface area (Å²) in [5.41, 5.74) is -2.77. The third kappa shape index (κ3) is 5.40. The molecule has 0 radical (unpaired) electrons. The minimum absolute atomic E-state index is 0.0476. The van der Waals surface area contributed by atoms with Crippen LogP contribution in [0.1, 0.15) is 33.6 Å². The average molecular weight is 587 g/mol. The van der Waals surface area contributed by atoms with Gasteiger partial charge in [0.2, 0.25) is 0 Å². The van der Waals surface area contributed by atoms with E-state index in [1.165, 1.54) is 10.9 Å². The lowest BCUT2D eigenvalue weighted by Crippen LogP contribution is -2.36. The maximum atomic E-state index is 14.6. The Balaban J connectivity index is 1.53. The van der Waals surface area contributed by atoms with Crippen molar-refractivity contribution in [2.24, 2.45) is 0 Å². The molecule has 0 saturated heterocycles. The van der Waals surface area contributed by atoms with Gasteiger partial charge in [-0.3, -0.25) is 14.3 Å². The molecule has 0 aliphatic carbocycles. The number of aryl methyl sites for hydroxylation is 1. The zero-order valence-electron chi connectivity index (χ0n) is 21.5. The largest absolute Gasteiger partial charge is 0.459 e. The molecule has 0 saturated carbocycles. The molecule has 2 aromatic carbocycles. The topological polar surface area (TPSA) is 106 Å². The molecule has 9 nitrogen and oxygen atoms in total. The summed E-state index contributed by atoms with van der Waals surface area (Å²) in [5, 5.41) is 12.9. The highest BCUT2D eigenvalue weighted by atomic mass is 19.4. The molecular weight excluding hydrogens is 568 g/mol. The first-order chi connectivity index (χ1) is 19.9. The number of amides is 2. The van der Waals surface area contributed by atoms with Crippen molar-refractivity contribution in [1.82, 2.24) is 24.4 Å². The van der Waals surface area contributed by atoms with E-state index in [2.05, 4.69) is 25.8 Å². The van der Waals surface area contributed by atoms with Gasteiger partial charge >= 0.3 is 12.1 Å². The van der Waals surface area contributed by atoms with Crippen molar-refractivity contribution in [1.29, 1.82) is 0 Å². The van der Waals surface area contributed by atoms with E-state index >= 15 is 0 Å². The number of aromatic nitrogens is 5. The standard InChI is InChI=1S/C27H19F6N7O2/c1-2-39-14-20(23(38-39)25(42)34-17-6-4-3-5-7-17)36-24(41)19-13-22-35-18(15-8-10-16(28)11-9-15)12-21(40(22)37-19)26(29,30)27(31,32)33/h3-14H,2H2,1H3,(H,34,42)(H,36,41). The lowest BCUT2D eigenvalue weighted by atomic mass is 10.1. The van der Waals surface area contributed by atoms with Crippen molar-refractivity contribution in [2.45, 2.75) is 25.6 Å². The Morgan fingerprint density at radius 3 is 2.21 bits per heavy atom. The molecule has 0 aliphatic rings. The molecule has 0 atom stereocenters. The van der Waals surface area contributed by atoms with Gasteiger partial charge in [0.1, 0.15) is 11.5 Å². The van der Waals surface area contributed by atoms with Crippen LogP contribution in [0.15, 0.2) is 72.9 Å². The molecule has 0 spiro atoms. The van der Waals surface area contributed by atoms with Crippen molar-refractivity contribution >= 4 is 28.8 Å². The number of fused-ring (bicyclic) bond motifs is 1. The second-order valence-electron chi connectivity index (χ2n) is 8.93. The van der Waals surface area contributed by atoms with Gasteiger partial charge in [0, 0.05) is 30.1 Å². The van der Waals surface area contributed by atoms with Crippen LogP contribution in [0, 0.1) is 5.82 Å². The molecule has 5 rings (SSSR count). The number of nitrogens with zero attached hydrogens (tertiary/aromatic N) is 5. The average Bonchev–Trinajstić information content (AvgIpc) is 3.57. The SMILES string of the molecule is CCn1cc(NC(=O)c2cc3nc(-c4ccc(F)cc4)cc(C(F)(F)C(F)(F)F)n3n2)c(C(=O)Nc2ccccc2)n1. The number of anilines is 2. The minimum atomic E-state index is -6.01. The number of hydrogen-bond acceptors (Lipinski definition) is 5. The first-order valence-corrected chi connectivity index (χ1v) is 12.2. The molecule has 0 fully saturated rings. The fourth-order valence-electron chi connectivity index (χ4n) is 3.96. The molecule has 216 valence electrons. The van der Waals surface area contributed by atoms with Crippen LogP contribution in [0.25, 0.3) is 16.9 Å². The second kappa shape index (κ2) is 10.6. The van der Waals surface area contributed by atoms with Gasteiger partial charge in [0.25, 0.3) is 11.8 Å². The van der Waals surface area contributed by atoms with Crippen molar-refractivity contribution < 1.29 is 35.9 Å². The maximum Gasteiger partial charge on any atom is 0.459 e. The number of alkyl halides is 5. The van der Waals surface area contributed by atoms with Crippen LogP contribution in [-0.4, -0.2) is 42.4 Å². The summed E-state index contributed by atoms with van der Waals surface area (Å²) in [7, 11) is 0. The molecule has 2 N–H and O–H groups in total. The van der Waals surface area contributed by atoms with E-state index in [-0.39, 0.29) is 27.2 Å². The van der Waals surface area contributed by atoms with Crippen LogP contribution in [0.4, 0.5) is 37.7 Å². The monoisotopic (exact) mass is 587 g/mol. The van der Waals surface area contributed by atoms with E-state index in [0.29, 0.717) is 18.3 Å². The molecule has 3 heterocycles. The van der Waals surface area contributed by atoms with Crippen LogP contribution in [0.3, 0.4) is 0 Å². The quantitative estimate of drug-likeness (QED) is 0.230. The molecule has 15 heteroatoms. The summed E-state index contributed by atoms with van der Waals surface area (Å²) in [6, 6.07) is 14.1. The summed E-state index contributed by atoms with van der Waals surface area (Å²) in [6.45, 7) is 2.05. The first kappa shape index (κ1) is 28.3. The van der Waals surface area contributed by atoms with Crippen molar-refractivity contribution in [3.63, 3.8) is 0 Å². The van der Waals surface area contributed by atoms with E-state index in [0.717, 1.165) is 30.3 Å². The Morgan fingerprint density at radius 2 is 1.57 bits per heavy atom. The van der Waals surface area contributed by atoms with Crippen LogP contribution < -0.4 is 10.6 Å². The second-order valence-corrected chi connectivity index (χ2v) is 8.93. The lowest BCUT2D eigenvalue weighted by Gasteiger charge is -2.21. The fraction of sp³-hybridized carbons (Fsp3) is 0.148. The molecule has 0 unspecified atom stereocenters. The summed E-state index contributed by atoms with van der Waals surface area (Å²) >= 11 is 0. The third-order valence-electron chi connectivity index (χ3n) is 6.06. The van der Waals surface area contributed by atoms with Gasteiger partial charge in [-0.25, -0.2) is 13.9 Å². The van der Waals surface area contributed by atoms with Crippen molar-refractivity contribution in [3.8, 4) is 11.3 Å². The molecule has 0 aliphatic heterocycles. The highest BCUT2D eigenvalue weighted by Gasteiger charge is 2.60. The predicted octanol–water partition coefficient (Wildman–Crippen LogP) is 5.91. The zero-order chi connectivity index (χ0) is 30.2. The van der Waals surface area contributed by atoms with Crippen molar-refractivity contribution in [3.05, 3.63) is 95.8 Å². The van der Waals surface area contributed by atoms with Gasteiger partial charge in [0.05, 0.1) is 11.4 Å². The Hall–Kier alpha value is -5.21. The van der Waals surface area contributed by atoms with Gasteiger partial charge in [-0.1, -0.05) is 18.2 Å². The van der Waals surface area contributed by atoms with Gasteiger partial charge in [-0.05, 0) is 49.4 Å². The Bertz CT molecular complexity index is 1780. The van der Waals surface area contributed by atoms with Crippen LogP contribution in [0.2, 0.25) is 0 Å². The minimum Gasteiger partial charge on any atom is -0.321 e. The molecule has 42 heavy (non-hydrogen) atoms. The number of benzene rings is 2. The number of nitrogens with one attached hydrogen (secondary N) is 2. The fourth-order valence-corrected chi connectivity index (χ4v) is 3.96. The molecule has 2 amide bonds. The molecule has 5 aromatic rings. The maximum absolute atomic E-state index is 14.6. The number of carbonyl (C=O) groups excluding carboxylic acids is 2. The Labute approximate surface area is 232 Å². The Morgan fingerprint density at radius 1 is 0.881 bits per heavy atom. The van der Waals surface area contributed by atoms with Crippen LogP contribution in [-0.2, 0) is 12.5 Å². The number of carbonyl (C=O) groups is 2. The number of para-hydroxylation sites is 1. The van der Waals surface area contributed by atoms with Gasteiger partial charge in [-0.15, -0.1) is 0 Å². The van der Waals surface area contributed by atoms with E-state index in [4.69, 9.17) is 0 Å². The van der Waals surface area contributed by atoms with E-state index in [1.807, 2.05) is 0 Å². The lowest BCUT2D eigenvalue weighted by molar-refractivity contribution is -0.291. The molecular formula is C27H19F6N7O2. The normalized spacial score (nSPS) is 12.0. The van der Waals surface area contributed by atoms with Crippen molar-refractivity contribution in [2.75, 3.05) is 10.6 Å². The number of rotatable bonds is 7. The highest BCUT2D eigenvalue weighted by Crippen LogP contribution is 2.44. The van der Waals surface area contributed by atoms with Gasteiger partial charge in [0.15, 0.2) is 17.0 Å². The zero-order valence-corrected chi connectivity index (χ0v) is 21.5. The molecule has 3 aromatic heterocycles. The Kier molecular flexibility index (Phi) is 7.18. The van der Waals surface area contributed by atoms with E-state index in [9.17, 15) is 35.9 Å². The predicted molar refractivity (Wildman–Crippen MR) is 139 cm³/mol. The summed E-state index contributed by atoms with van der Waals surface area (Å²) < 4.78 is 84.5. The first-order valence-electron chi connectivity index (χ1n) is 12.2. The van der Waals surface area contributed by atoms with Crippen LogP contribution >= 0.6 is 0 Å². The number of hydrogen-bond donors (Lipinski definition) is 2.